The zero-order chi connectivity index (χ0) is 19.9. The molecule has 8 nitrogen and oxygen atoms in total. The van der Waals surface area contributed by atoms with Crippen LogP contribution in [-0.2, 0) is 27.4 Å². The maximum Gasteiger partial charge on any atom is 0.255 e. The van der Waals surface area contributed by atoms with Crippen molar-refractivity contribution in [2.75, 3.05) is 26.7 Å². The molecule has 2 saturated heterocycles. The van der Waals surface area contributed by atoms with Gasteiger partial charge >= 0.3 is 0 Å². The Bertz CT molecular complexity index is 818. The molecule has 0 aromatic heterocycles. The van der Waals surface area contributed by atoms with E-state index in [4.69, 9.17) is 10.5 Å². The normalized spacial score (nSPS) is 24.1. The fraction of sp³-hybridized carbons (Fsp3) is 0.550. The number of nitrogens with one attached hydrogen (secondary N) is 1. The number of nitrogens with two attached hydrogens (primary N) is 1. The summed E-state index contributed by atoms with van der Waals surface area (Å²) < 4.78 is 5.65. The third-order valence-electron chi connectivity index (χ3n) is 6.13. The van der Waals surface area contributed by atoms with Gasteiger partial charge in [0.05, 0.1) is 5.60 Å². The summed E-state index contributed by atoms with van der Waals surface area (Å²) in [5.41, 5.74) is 8.26. The van der Waals surface area contributed by atoms with Crippen LogP contribution in [0.1, 0.15) is 40.7 Å². The Morgan fingerprint density at radius 2 is 2.07 bits per heavy atom. The van der Waals surface area contributed by atoms with Gasteiger partial charge in [-0.25, -0.2) is 0 Å². The molecular weight excluding hydrogens is 360 g/mol. The van der Waals surface area contributed by atoms with Crippen LogP contribution in [0.3, 0.4) is 0 Å². The van der Waals surface area contributed by atoms with E-state index in [0.29, 0.717) is 25.1 Å². The number of imide groups is 1. The molecule has 3 aliphatic heterocycles. The molecule has 0 saturated carbocycles. The van der Waals surface area contributed by atoms with Crippen LogP contribution in [0.4, 0.5) is 0 Å². The number of ether oxygens (including phenoxy) is 1. The van der Waals surface area contributed by atoms with E-state index in [-0.39, 0.29) is 29.7 Å². The Morgan fingerprint density at radius 1 is 1.29 bits per heavy atom. The van der Waals surface area contributed by atoms with Crippen LogP contribution in [0.2, 0.25) is 0 Å². The number of piperidine rings is 1. The highest BCUT2D eigenvalue weighted by Crippen LogP contribution is 2.33. The Hall–Kier alpha value is -2.29. The van der Waals surface area contributed by atoms with E-state index in [9.17, 15) is 14.4 Å². The van der Waals surface area contributed by atoms with Crippen molar-refractivity contribution in [3.8, 4) is 0 Å². The van der Waals surface area contributed by atoms with Gasteiger partial charge in [0.25, 0.3) is 5.91 Å². The molecule has 1 unspecified atom stereocenters. The second kappa shape index (κ2) is 7.27. The Labute approximate surface area is 164 Å². The Balaban J connectivity index is 1.48. The van der Waals surface area contributed by atoms with Crippen molar-refractivity contribution < 1.29 is 19.1 Å². The summed E-state index contributed by atoms with van der Waals surface area (Å²) in [4.78, 5) is 40.4. The minimum atomic E-state index is -0.583. The van der Waals surface area contributed by atoms with Gasteiger partial charge in [-0.15, -0.1) is 0 Å². The van der Waals surface area contributed by atoms with Crippen LogP contribution in [-0.4, -0.2) is 65.9 Å². The molecule has 4 rings (SSSR count). The molecule has 0 radical (unpaired) electrons. The fourth-order valence-corrected chi connectivity index (χ4v) is 4.57. The topological polar surface area (TPSA) is 105 Å². The molecule has 0 bridgehead atoms. The zero-order valence-electron chi connectivity index (χ0n) is 16.1. The predicted molar refractivity (Wildman–Crippen MR) is 101 cm³/mol. The lowest BCUT2D eigenvalue weighted by molar-refractivity contribution is -0.137. The van der Waals surface area contributed by atoms with Gasteiger partial charge in [-0.3, -0.25) is 24.6 Å². The van der Waals surface area contributed by atoms with Crippen molar-refractivity contribution >= 4 is 17.7 Å². The van der Waals surface area contributed by atoms with Crippen LogP contribution < -0.4 is 11.1 Å². The minimum Gasteiger partial charge on any atom is -0.376 e. The number of benzene rings is 1. The number of fused-ring (bicyclic) bond motifs is 1. The van der Waals surface area contributed by atoms with E-state index in [1.165, 1.54) is 0 Å². The summed E-state index contributed by atoms with van der Waals surface area (Å²) in [6.45, 7) is 3.36. The molecule has 0 aliphatic carbocycles. The molecule has 3 aliphatic rings. The van der Waals surface area contributed by atoms with Crippen molar-refractivity contribution in [2.45, 2.75) is 44.0 Å². The molecule has 28 heavy (non-hydrogen) atoms. The number of amides is 3. The predicted octanol–water partition coefficient (Wildman–Crippen LogP) is -0.00280. The van der Waals surface area contributed by atoms with Crippen molar-refractivity contribution in [3.63, 3.8) is 0 Å². The smallest absolute Gasteiger partial charge is 0.255 e. The summed E-state index contributed by atoms with van der Waals surface area (Å²) >= 11 is 0. The molecule has 1 atom stereocenters. The van der Waals surface area contributed by atoms with E-state index >= 15 is 0 Å². The average Bonchev–Trinajstić information content (AvgIpc) is 2.97. The van der Waals surface area contributed by atoms with Crippen LogP contribution in [0.5, 0.6) is 0 Å². The lowest BCUT2D eigenvalue weighted by Crippen LogP contribution is -2.62. The first-order chi connectivity index (χ1) is 13.5. The van der Waals surface area contributed by atoms with Gasteiger partial charge in [-0.2, -0.15) is 0 Å². The zero-order valence-corrected chi connectivity index (χ0v) is 16.1. The molecule has 1 aromatic carbocycles. The fourth-order valence-electron chi connectivity index (χ4n) is 4.57. The molecule has 0 spiro atoms. The standard InChI is InChI=1S/C20H26N4O4/c1-28-20(7-8-21)11-23(12-20)9-13-3-2-4-14-15(13)10-24(19(14)27)16-5-6-17(25)22-18(16)26/h2-4,16H,5-12,21H2,1H3,(H,22,25,26). The summed E-state index contributed by atoms with van der Waals surface area (Å²) in [5.74, 6) is -0.791. The third-order valence-corrected chi connectivity index (χ3v) is 6.13. The van der Waals surface area contributed by atoms with Crippen molar-refractivity contribution in [3.05, 3.63) is 34.9 Å². The maximum atomic E-state index is 12.9. The van der Waals surface area contributed by atoms with Gasteiger partial charge in [-0.05, 0) is 36.6 Å². The number of methoxy groups -OCH3 is 1. The molecule has 3 amide bonds. The first-order valence-corrected chi connectivity index (χ1v) is 9.69. The lowest BCUT2D eigenvalue weighted by atomic mass is 9.89. The van der Waals surface area contributed by atoms with E-state index in [2.05, 4.69) is 10.2 Å². The van der Waals surface area contributed by atoms with E-state index in [0.717, 1.165) is 37.2 Å². The van der Waals surface area contributed by atoms with Crippen molar-refractivity contribution in [1.82, 2.24) is 15.1 Å². The molecule has 1 aromatic rings. The van der Waals surface area contributed by atoms with Crippen molar-refractivity contribution in [1.29, 1.82) is 0 Å². The molecule has 3 N–H and O–H groups in total. The van der Waals surface area contributed by atoms with Crippen LogP contribution in [0.25, 0.3) is 0 Å². The number of carbonyl (C=O) groups excluding carboxylic acids is 3. The highest BCUT2D eigenvalue weighted by Gasteiger charge is 2.43. The highest BCUT2D eigenvalue weighted by atomic mass is 16.5. The minimum absolute atomic E-state index is 0.135. The molecule has 2 fully saturated rings. The van der Waals surface area contributed by atoms with Gasteiger partial charge in [-0.1, -0.05) is 12.1 Å². The Morgan fingerprint density at radius 3 is 2.75 bits per heavy atom. The Kier molecular flexibility index (Phi) is 4.95. The summed E-state index contributed by atoms with van der Waals surface area (Å²) in [6, 6.07) is 5.16. The number of rotatable bonds is 6. The SMILES string of the molecule is COC1(CCN)CN(Cc2cccc3c2CN(C2CCC(=O)NC2=O)C3=O)C1. The average molecular weight is 386 g/mol. The maximum absolute atomic E-state index is 12.9. The second-order valence-corrected chi connectivity index (χ2v) is 7.91. The number of carbonyl (C=O) groups is 3. The number of nitrogens with zero attached hydrogens (tertiary/aromatic N) is 2. The number of hydrogen-bond acceptors (Lipinski definition) is 6. The second-order valence-electron chi connectivity index (χ2n) is 7.91. The van der Waals surface area contributed by atoms with Crippen LogP contribution in [0.15, 0.2) is 18.2 Å². The van der Waals surface area contributed by atoms with Gasteiger partial charge in [0.15, 0.2) is 0 Å². The van der Waals surface area contributed by atoms with Gasteiger partial charge in [0.1, 0.15) is 6.04 Å². The van der Waals surface area contributed by atoms with E-state index < -0.39 is 6.04 Å². The van der Waals surface area contributed by atoms with Crippen molar-refractivity contribution in [2.24, 2.45) is 5.73 Å². The number of hydrogen-bond donors (Lipinski definition) is 2. The van der Waals surface area contributed by atoms with E-state index in [1.807, 2.05) is 18.2 Å². The molecule has 3 heterocycles. The monoisotopic (exact) mass is 386 g/mol. The van der Waals surface area contributed by atoms with Gasteiger partial charge < -0.3 is 15.4 Å². The molecule has 8 heteroatoms. The largest absolute Gasteiger partial charge is 0.376 e. The summed E-state index contributed by atoms with van der Waals surface area (Å²) in [6.07, 6.45) is 1.47. The summed E-state index contributed by atoms with van der Waals surface area (Å²) in [5, 5.41) is 2.34. The number of likely N-dealkylation sites (tertiary alicyclic amines) is 1. The summed E-state index contributed by atoms with van der Waals surface area (Å²) in [7, 11) is 1.73. The van der Waals surface area contributed by atoms with Crippen LogP contribution in [0, 0.1) is 0 Å². The lowest BCUT2D eigenvalue weighted by Gasteiger charge is -2.49. The van der Waals surface area contributed by atoms with E-state index in [1.54, 1.807) is 12.0 Å². The third kappa shape index (κ3) is 3.21. The first kappa shape index (κ1) is 19.0. The first-order valence-electron chi connectivity index (χ1n) is 9.69. The van der Waals surface area contributed by atoms with Gasteiger partial charge in [0.2, 0.25) is 11.8 Å². The van der Waals surface area contributed by atoms with Crippen LogP contribution >= 0.6 is 0 Å². The van der Waals surface area contributed by atoms with Gasteiger partial charge in [0, 0.05) is 45.3 Å². The quantitative estimate of drug-likeness (QED) is 0.667. The molecular formula is C20H26N4O4. The highest BCUT2D eigenvalue weighted by molar-refractivity contribution is 6.05. The molecule has 150 valence electrons.